The van der Waals surface area contributed by atoms with E-state index in [2.05, 4.69) is 98.3 Å². The van der Waals surface area contributed by atoms with E-state index in [1.165, 1.54) is 22.3 Å². The Morgan fingerprint density at radius 2 is 0.733 bits per heavy atom. The van der Waals surface area contributed by atoms with Crippen molar-refractivity contribution in [3.8, 4) is 0 Å². The Balaban J connectivity index is 0.00000600. The van der Waals surface area contributed by atoms with Gasteiger partial charge in [0, 0.05) is 125 Å². The van der Waals surface area contributed by atoms with E-state index in [1.807, 2.05) is 18.5 Å². The van der Waals surface area contributed by atoms with Crippen LogP contribution in [0.5, 0.6) is 0 Å². The van der Waals surface area contributed by atoms with Gasteiger partial charge in [-0.3, -0.25) is 4.98 Å². The number of ether oxygens (including phenoxy) is 4. The van der Waals surface area contributed by atoms with Crippen molar-refractivity contribution in [2.45, 2.75) is 122 Å². The normalized spacial score (nSPS) is 10.8. The molecule has 0 fully saturated rings. The molecule has 0 aromatic carbocycles. The number of pyridine rings is 4. The summed E-state index contributed by atoms with van der Waals surface area (Å²) in [7, 11) is 0. The number of hydrogen-bond donors (Lipinski definition) is 0. The molecule has 0 bridgehead atoms. The van der Waals surface area contributed by atoms with Crippen LogP contribution >= 0.6 is 11.6 Å². The predicted octanol–water partition coefficient (Wildman–Crippen LogP) is -0.787. The summed E-state index contributed by atoms with van der Waals surface area (Å²) in [6.07, 6.45) is 34.3. The summed E-state index contributed by atoms with van der Waals surface area (Å²) < 4.78 is 30.5. The molecule has 336 valence electrons. The lowest BCUT2D eigenvalue weighted by molar-refractivity contribution is -0.698. The number of aromatic nitrogens is 4. The molecule has 0 unspecified atom stereocenters. The van der Waals surface area contributed by atoms with Crippen LogP contribution in [0.3, 0.4) is 0 Å². The van der Waals surface area contributed by atoms with Gasteiger partial charge in [0.15, 0.2) is 37.2 Å². The van der Waals surface area contributed by atoms with Crippen LogP contribution in [0, 0.1) is 0 Å². The first-order valence-corrected chi connectivity index (χ1v) is 22.5. The van der Waals surface area contributed by atoms with E-state index in [9.17, 15) is 0 Å². The summed E-state index contributed by atoms with van der Waals surface area (Å²) in [5.41, 5.74) is 5.42. The maximum Gasteiger partial charge on any atom is 0.171 e. The maximum absolute atomic E-state index is 5.99. The smallest absolute Gasteiger partial charge is 0.171 e. The molecule has 4 aromatic heterocycles. The molecule has 0 spiro atoms. The van der Waals surface area contributed by atoms with Gasteiger partial charge in [0.2, 0.25) is 0 Å². The van der Waals surface area contributed by atoms with Crippen molar-refractivity contribution in [2.75, 3.05) is 58.7 Å². The van der Waals surface area contributed by atoms with Crippen molar-refractivity contribution >= 4 is 11.6 Å². The van der Waals surface area contributed by atoms with Crippen LogP contribution in [0.15, 0.2) is 98.1 Å². The van der Waals surface area contributed by atoms with Gasteiger partial charge in [-0.2, -0.15) is 0 Å². The molecule has 4 rings (SSSR count). The zero-order chi connectivity index (χ0) is 39.7. The summed E-state index contributed by atoms with van der Waals surface area (Å²) in [5, 5.41) is 0. The first kappa shape index (κ1) is 55.6. The van der Waals surface area contributed by atoms with Crippen LogP contribution in [-0.4, -0.2) is 63.7 Å². The lowest BCUT2D eigenvalue weighted by atomic mass is 10.1. The minimum atomic E-state index is 0. The summed E-state index contributed by atoms with van der Waals surface area (Å²) in [6, 6.07) is 17.3. The summed E-state index contributed by atoms with van der Waals surface area (Å²) in [5.74, 6) is 0.721. The Kier molecular flexibility index (Phi) is 35.5. The lowest BCUT2D eigenvalue weighted by Gasteiger charge is -2.06. The standard InChI is InChI=1S/C48H72ClN4O4.3ClH/c49-25-1-5-33-54-38-14-22-46-18-10-30-52(42-46)28-3-7-35-56-40-16-24-48-20-12-32-53(44-48)29-4-8-36-57-39-15-23-47-19-11-31-51(43-47)27-2-6-34-55-37-13-21-45-17-9-26-50-41-45;;;/h9-12,17-20,26,30-32,41-44H,1-8,13-16,21-25,27-29,33-40H2;3*1H/q+3;;;/p-3. The van der Waals surface area contributed by atoms with Crippen LogP contribution in [-0.2, 0) is 64.3 Å². The Morgan fingerprint density at radius 3 is 1.08 bits per heavy atom. The van der Waals surface area contributed by atoms with Gasteiger partial charge < -0.3 is 56.2 Å². The highest BCUT2D eigenvalue weighted by Crippen LogP contribution is 2.06. The quantitative estimate of drug-likeness (QED) is 0.0345. The zero-order valence-electron chi connectivity index (χ0n) is 36.0. The molecule has 0 N–H and O–H groups in total. The number of hydrogen-bond acceptors (Lipinski definition) is 5. The molecule has 0 saturated carbocycles. The fourth-order valence-corrected chi connectivity index (χ4v) is 7.04. The highest BCUT2D eigenvalue weighted by molar-refractivity contribution is 6.17. The highest BCUT2D eigenvalue weighted by atomic mass is 35.5. The molecule has 4 heterocycles. The molecule has 0 saturated heterocycles. The van der Waals surface area contributed by atoms with E-state index in [1.54, 1.807) is 0 Å². The Morgan fingerprint density at radius 1 is 0.400 bits per heavy atom. The summed E-state index contributed by atoms with van der Waals surface area (Å²) in [4.78, 5) is 4.17. The first-order valence-electron chi connectivity index (χ1n) is 22.0. The van der Waals surface area contributed by atoms with Crippen LogP contribution < -0.4 is 50.9 Å². The average molecular weight is 911 g/mol. The van der Waals surface area contributed by atoms with Gasteiger partial charge in [-0.1, -0.05) is 6.07 Å². The summed E-state index contributed by atoms with van der Waals surface area (Å²) >= 11 is 5.72. The van der Waals surface area contributed by atoms with Gasteiger partial charge in [-0.05, 0) is 113 Å². The molecule has 12 heteroatoms. The van der Waals surface area contributed by atoms with Crippen LogP contribution in [0.2, 0.25) is 0 Å². The van der Waals surface area contributed by atoms with Crippen molar-refractivity contribution in [2.24, 2.45) is 0 Å². The SMILES string of the molecule is ClCCCCOCCCc1ccc[n+](CCCCOCCCc2ccc[n+](CCCCOCCCc3ccc[n+](CCCCOCCCc4cccnc4)c3)c2)c1.[Cl-].[Cl-].[Cl-]. The van der Waals surface area contributed by atoms with E-state index < -0.39 is 0 Å². The molecular formula is C48H72Cl4N4O4. The van der Waals surface area contributed by atoms with Gasteiger partial charge in [0.05, 0.1) is 0 Å². The van der Waals surface area contributed by atoms with E-state index in [-0.39, 0.29) is 37.2 Å². The van der Waals surface area contributed by atoms with E-state index in [0.717, 1.165) is 181 Å². The van der Waals surface area contributed by atoms with Crippen molar-refractivity contribution in [1.29, 1.82) is 0 Å². The Labute approximate surface area is 386 Å². The minimum absolute atomic E-state index is 0. The topological polar surface area (TPSA) is 61.5 Å². The molecular weight excluding hydrogens is 838 g/mol. The fraction of sp³-hybridized carbons (Fsp3) is 0.583. The summed E-state index contributed by atoms with van der Waals surface area (Å²) in [6.45, 7) is 9.67. The number of nitrogens with zero attached hydrogens (tertiary/aromatic N) is 4. The molecule has 0 amide bonds. The predicted molar refractivity (Wildman–Crippen MR) is 228 cm³/mol. The van der Waals surface area contributed by atoms with Crippen LogP contribution in [0.25, 0.3) is 0 Å². The van der Waals surface area contributed by atoms with Gasteiger partial charge in [-0.15, -0.1) is 11.6 Å². The monoisotopic (exact) mass is 908 g/mol. The number of aryl methyl sites for hydroxylation is 7. The van der Waals surface area contributed by atoms with Gasteiger partial charge in [-0.25, -0.2) is 13.7 Å². The van der Waals surface area contributed by atoms with Crippen molar-refractivity contribution in [3.05, 3.63) is 120 Å². The third-order valence-corrected chi connectivity index (χ3v) is 10.3. The molecule has 0 aliphatic rings. The second kappa shape index (κ2) is 38.3. The molecule has 0 radical (unpaired) electrons. The maximum atomic E-state index is 5.99. The fourth-order valence-electron chi connectivity index (χ4n) is 6.85. The highest BCUT2D eigenvalue weighted by Gasteiger charge is 2.07. The van der Waals surface area contributed by atoms with Gasteiger partial charge >= 0.3 is 0 Å². The lowest BCUT2D eigenvalue weighted by Crippen LogP contribution is -3.00. The van der Waals surface area contributed by atoms with Gasteiger partial charge in [0.25, 0.3) is 0 Å². The third-order valence-electron chi connectivity index (χ3n) is 10.0. The second-order valence-corrected chi connectivity index (χ2v) is 15.5. The van der Waals surface area contributed by atoms with Crippen molar-refractivity contribution in [3.63, 3.8) is 0 Å². The zero-order valence-corrected chi connectivity index (χ0v) is 39.0. The number of alkyl halides is 1. The van der Waals surface area contributed by atoms with E-state index >= 15 is 0 Å². The third kappa shape index (κ3) is 27.5. The Hall–Kier alpha value is -2.40. The molecule has 4 aromatic rings. The van der Waals surface area contributed by atoms with Crippen molar-refractivity contribution < 1.29 is 69.9 Å². The van der Waals surface area contributed by atoms with Crippen LogP contribution in [0.4, 0.5) is 0 Å². The average Bonchev–Trinajstić information content (AvgIpc) is 3.24. The molecule has 0 aliphatic carbocycles. The number of unbranched alkanes of at least 4 members (excludes halogenated alkanes) is 4. The van der Waals surface area contributed by atoms with Gasteiger partial charge in [0.1, 0.15) is 19.6 Å². The molecule has 8 nitrogen and oxygen atoms in total. The largest absolute Gasteiger partial charge is 1.00 e. The van der Waals surface area contributed by atoms with Crippen molar-refractivity contribution in [1.82, 2.24) is 4.98 Å². The molecule has 60 heavy (non-hydrogen) atoms. The molecule has 0 aliphatic heterocycles. The number of halogens is 4. The first-order chi connectivity index (χ1) is 28.3. The molecule has 0 atom stereocenters. The van der Waals surface area contributed by atoms with E-state index in [0.29, 0.717) is 0 Å². The number of rotatable bonds is 35. The van der Waals surface area contributed by atoms with Crippen LogP contribution in [0.1, 0.15) is 99.3 Å². The Bertz CT molecular complexity index is 1580. The second-order valence-electron chi connectivity index (χ2n) is 15.1. The minimum Gasteiger partial charge on any atom is -1.00 e. The van der Waals surface area contributed by atoms with E-state index in [4.69, 9.17) is 30.5 Å².